The molecule has 2 aliphatic heterocycles. The maximum Gasteiger partial charge on any atom is 0.226 e. The van der Waals surface area contributed by atoms with Gasteiger partial charge in [0.05, 0.1) is 12.5 Å². The summed E-state index contributed by atoms with van der Waals surface area (Å²) in [5, 5.41) is 0. The number of hydrogen-bond donors (Lipinski definition) is 0. The van der Waals surface area contributed by atoms with Crippen LogP contribution in [0.3, 0.4) is 0 Å². The summed E-state index contributed by atoms with van der Waals surface area (Å²) >= 11 is 0. The average molecular weight is 411 g/mol. The van der Waals surface area contributed by atoms with Crippen LogP contribution in [-0.4, -0.2) is 53.5 Å². The molecule has 0 saturated carbocycles. The Hall–Kier alpha value is -2.40. The Labute approximate surface area is 178 Å². The predicted molar refractivity (Wildman–Crippen MR) is 116 cm³/mol. The first-order valence-corrected chi connectivity index (χ1v) is 11.0. The summed E-state index contributed by atoms with van der Waals surface area (Å²) in [5.41, 5.74) is 0.739. The van der Waals surface area contributed by atoms with Gasteiger partial charge in [-0.3, -0.25) is 9.69 Å². The topological polar surface area (TPSA) is 32.8 Å². The highest BCUT2D eigenvalue weighted by atomic mass is 19.1. The number of hydrogen-bond acceptors (Lipinski definition) is 3. The monoisotopic (exact) mass is 410 g/mol. The fourth-order valence-corrected chi connectivity index (χ4v) is 4.85. The normalized spacial score (nSPS) is 22.7. The van der Waals surface area contributed by atoms with Crippen molar-refractivity contribution >= 4 is 5.91 Å². The van der Waals surface area contributed by atoms with Gasteiger partial charge in [0, 0.05) is 25.7 Å². The zero-order chi connectivity index (χ0) is 21.1. The minimum atomic E-state index is -0.290. The Kier molecular flexibility index (Phi) is 6.38. The smallest absolute Gasteiger partial charge is 0.226 e. The highest BCUT2D eigenvalue weighted by Crippen LogP contribution is 2.36. The zero-order valence-electron chi connectivity index (χ0n) is 17.8. The number of piperidine rings is 1. The van der Waals surface area contributed by atoms with Gasteiger partial charge >= 0.3 is 0 Å². The van der Waals surface area contributed by atoms with Crippen LogP contribution in [0, 0.1) is 11.7 Å². The van der Waals surface area contributed by atoms with Crippen LogP contribution in [0.25, 0.3) is 0 Å². The number of benzene rings is 2. The van der Waals surface area contributed by atoms with Crippen molar-refractivity contribution in [2.24, 2.45) is 5.92 Å². The van der Waals surface area contributed by atoms with Crippen molar-refractivity contribution in [3.63, 3.8) is 0 Å². The van der Waals surface area contributed by atoms with Gasteiger partial charge in [0.1, 0.15) is 17.7 Å². The van der Waals surface area contributed by atoms with Crippen molar-refractivity contribution in [2.75, 3.05) is 19.6 Å². The molecule has 1 amide bonds. The lowest BCUT2D eigenvalue weighted by Crippen LogP contribution is -2.68. The van der Waals surface area contributed by atoms with Gasteiger partial charge in [0.2, 0.25) is 5.91 Å². The number of likely N-dealkylation sites (tertiary alicyclic amines) is 2. The van der Waals surface area contributed by atoms with E-state index in [0.29, 0.717) is 18.0 Å². The maximum absolute atomic E-state index is 13.4. The fourth-order valence-electron chi connectivity index (χ4n) is 4.85. The first-order chi connectivity index (χ1) is 14.5. The fraction of sp³-hybridized carbons (Fsp3) is 0.480. The Morgan fingerprint density at radius 1 is 1.10 bits per heavy atom. The van der Waals surface area contributed by atoms with E-state index >= 15 is 0 Å². The SMILES string of the molecule is CC(C)N1CC(Oc2ccccc2)C1C1CCN(C(=O)Cc2cccc(F)c2)CC1. The molecule has 2 heterocycles. The molecule has 2 unspecified atom stereocenters. The largest absolute Gasteiger partial charge is 0.487 e. The summed E-state index contributed by atoms with van der Waals surface area (Å²) in [4.78, 5) is 17.2. The Bertz CT molecular complexity index is 849. The van der Waals surface area contributed by atoms with Crippen LogP contribution in [0.5, 0.6) is 5.75 Å². The number of rotatable bonds is 6. The van der Waals surface area contributed by atoms with Crippen molar-refractivity contribution in [1.82, 2.24) is 9.80 Å². The summed E-state index contributed by atoms with van der Waals surface area (Å²) in [7, 11) is 0. The number of carbonyl (C=O) groups is 1. The van der Waals surface area contributed by atoms with Crippen LogP contribution in [0.2, 0.25) is 0 Å². The highest BCUT2D eigenvalue weighted by Gasteiger charge is 2.47. The molecule has 0 N–H and O–H groups in total. The van der Waals surface area contributed by atoms with Gasteiger partial charge in [-0.2, -0.15) is 0 Å². The first kappa shape index (κ1) is 20.9. The summed E-state index contributed by atoms with van der Waals surface area (Å²) in [6.45, 7) is 6.96. The van der Waals surface area contributed by atoms with Gasteiger partial charge in [0.25, 0.3) is 0 Å². The standard InChI is InChI=1S/C25H31FN2O2/c1-18(2)28-17-23(30-22-9-4-3-5-10-22)25(28)20-11-13-27(14-12-20)24(29)16-19-7-6-8-21(26)15-19/h3-10,15,18,20,23,25H,11-14,16-17H2,1-2H3. The molecule has 0 bridgehead atoms. The summed E-state index contributed by atoms with van der Waals surface area (Å²) in [6.07, 6.45) is 2.44. The third-order valence-electron chi connectivity index (χ3n) is 6.47. The lowest BCUT2D eigenvalue weighted by Gasteiger charge is -2.54. The van der Waals surface area contributed by atoms with Gasteiger partial charge in [0.15, 0.2) is 0 Å². The average Bonchev–Trinajstić information content (AvgIpc) is 2.72. The Morgan fingerprint density at radius 3 is 2.50 bits per heavy atom. The van der Waals surface area contributed by atoms with E-state index in [1.807, 2.05) is 41.3 Å². The Balaban J connectivity index is 1.34. The van der Waals surface area contributed by atoms with Crippen LogP contribution in [-0.2, 0) is 11.2 Å². The molecule has 2 aromatic carbocycles. The van der Waals surface area contributed by atoms with Gasteiger partial charge in [-0.05, 0) is 62.4 Å². The number of nitrogens with zero attached hydrogens (tertiary/aromatic N) is 2. The molecule has 5 heteroatoms. The zero-order valence-corrected chi connectivity index (χ0v) is 17.8. The van der Waals surface area contributed by atoms with Crippen LogP contribution in [0.1, 0.15) is 32.3 Å². The molecular formula is C25H31FN2O2. The third kappa shape index (κ3) is 4.67. The molecule has 2 fully saturated rings. The van der Waals surface area contributed by atoms with Gasteiger partial charge in [-0.1, -0.05) is 30.3 Å². The van der Waals surface area contributed by atoms with E-state index in [0.717, 1.165) is 43.8 Å². The molecule has 4 rings (SSSR count). The van der Waals surface area contributed by atoms with Gasteiger partial charge < -0.3 is 9.64 Å². The third-order valence-corrected chi connectivity index (χ3v) is 6.47. The molecule has 4 nitrogen and oxygen atoms in total. The van der Waals surface area contributed by atoms with Crippen LogP contribution in [0.4, 0.5) is 4.39 Å². The summed E-state index contributed by atoms with van der Waals surface area (Å²) in [6, 6.07) is 17.3. The van der Waals surface area contributed by atoms with Crippen molar-refractivity contribution in [2.45, 2.75) is 51.3 Å². The number of para-hydroxylation sites is 1. The second-order valence-corrected chi connectivity index (χ2v) is 8.78. The number of amides is 1. The number of ether oxygens (including phenoxy) is 1. The molecular weight excluding hydrogens is 379 g/mol. The minimum absolute atomic E-state index is 0.0884. The van der Waals surface area contributed by atoms with Crippen molar-refractivity contribution < 1.29 is 13.9 Å². The van der Waals surface area contributed by atoms with Crippen LogP contribution < -0.4 is 4.74 Å². The predicted octanol–water partition coefficient (Wildman–Crippen LogP) is 4.15. The minimum Gasteiger partial charge on any atom is -0.487 e. The lowest BCUT2D eigenvalue weighted by atomic mass is 9.79. The summed E-state index contributed by atoms with van der Waals surface area (Å²) < 4.78 is 19.7. The first-order valence-electron chi connectivity index (χ1n) is 11.0. The van der Waals surface area contributed by atoms with Gasteiger partial charge in [-0.15, -0.1) is 0 Å². The van der Waals surface area contributed by atoms with E-state index in [4.69, 9.17) is 4.74 Å². The maximum atomic E-state index is 13.4. The molecule has 0 aromatic heterocycles. The Morgan fingerprint density at radius 2 is 1.83 bits per heavy atom. The molecule has 0 aliphatic carbocycles. The highest BCUT2D eigenvalue weighted by molar-refractivity contribution is 5.78. The van der Waals surface area contributed by atoms with Crippen molar-refractivity contribution in [3.05, 3.63) is 66.0 Å². The quantitative estimate of drug-likeness (QED) is 0.717. The van der Waals surface area contributed by atoms with Crippen molar-refractivity contribution in [3.8, 4) is 5.75 Å². The molecule has 0 radical (unpaired) electrons. The number of carbonyl (C=O) groups excluding carboxylic acids is 1. The van der Waals surface area contributed by atoms with E-state index in [2.05, 4.69) is 18.7 Å². The second kappa shape index (κ2) is 9.17. The van der Waals surface area contributed by atoms with Crippen molar-refractivity contribution in [1.29, 1.82) is 0 Å². The molecule has 0 spiro atoms. The van der Waals surface area contributed by atoms with Crippen LogP contribution >= 0.6 is 0 Å². The van der Waals surface area contributed by atoms with E-state index in [1.165, 1.54) is 12.1 Å². The molecule has 160 valence electrons. The van der Waals surface area contributed by atoms with E-state index in [1.54, 1.807) is 6.07 Å². The lowest BCUT2D eigenvalue weighted by molar-refractivity contribution is -0.135. The second-order valence-electron chi connectivity index (χ2n) is 8.78. The van der Waals surface area contributed by atoms with Crippen LogP contribution in [0.15, 0.2) is 54.6 Å². The molecule has 2 aromatic rings. The van der Waals surface area contributed by atoms with E-state index < -0.39 is 0 Å². The number of halogens is 1. The van der Waals surface area contributed by atoms with E-state index in [9.17, 15) is 9.18 Å². The molecule has 30 heavy (non-hydrogen) atoms. The summed E-state index contributed by atoms with van der Waals surface area (Å²) in [5.74, 6) is 1.25. The van der Waals surface area contributed by atoms with E-state index in [-0.39, 0.29) is 24.2 Å². The van der Waals surface area contributed by atoms with Gasteiger partial charge in [-0.25, -0.2) is 4.39 Å². The molecule has 2 aliphatic rings. The molecule has 2 saturated heterocycles. The molecule has 2 atom stereocenters.